The van der Waals surface area contributed by atoms with Crippen molar-refractivity contribution in [3.05, 3.63) is 36.7 Å². The number of hydrogen-bond acceptors (Lipinski definition) is 4. The minimum absolute atomic E-state index is 0.176. The van der Waals surface area contributed by atoms with E-state index in [2.05, 4.69) is 28.8 Å². The number of anilines is 1. The van der Waals surface area contributed by atoms with Crippen LogP contribution in [0.4, 0.5) is 5.69 Å². The first kappa shape index (κ1) is 19.2. The highest BCUT2D eigenvalue weighted by Gasteiger charge is 2.19. The first-order valence-electron chi connectivity index (χ1n) is 7.61. The third-order valence-electron chi connectivity index (χ3n) is 3.28. The van der Waals surface area contributed by atoms with E-state index < -0.39 is 5.82 Å². The van der Waals surface area contributed by atoms with Crippen molar-refractivity contribution in [2.24, 2.45) is 0 Å². The molecule has 0 aromatic carbocycles. The van der Waals surface area contributed by atoms with E-state index in [0.717, 1.165) is 12.0 Å². The Bertz CT molecular complexity index is 667. The van der Waals surface area contributed by atoms with Gasteiger partial charge in [0.2, 0.25) is 11.8 Å². The molecule has 7 heteroatoms. The second-order valence-electron chi connectivity index (χ2n) is 5.06. The first-order chi connectivity index (χ1) is 11.5. The van der Waals surface area contributed by atoms with Gasteiger partial charge < -0.3 is 10.6 Å². The van der Waals surface area contributed by atoms with Crippen LogP contribution in [0.1, 0.15) is 31.0 Å². The van der Waals surface area contributed by atoms with Crippen LogP contribution in [0.2, 0.25) is 5.82 Å². The zero-order valence-electron chi connectivity index (χ0n) is 13.7. The number of carbonyl (C=O) groups is 2. The lowest BCUT2D eigenvalue weighted by Gasteiger charge is -2.12. The van der Waals surface area contributed by atoms with Gasteiger partial charge in [-0.1, -0.05) is 32.6 Å². The molecule has 1 unspecified atom stereocenters. The predicted molar refractivity (Wildman–Crippen MR) is 96.1 cm³/mol. The molecule has 2 N–H and O–H groups in total. The molecule has 24 heavy (non-hydrogen) atoms. The average molecular weight is 323 g/mol. The van der Waals surface area contributed by atoms with Crippen molar-refractivity contribution < 1.29 is 9.59 Å². The van der Waals surface area contributed by atoms with E-state index in [1.807, 2.05) is 12.9 Å². The van der Waals surface area contributed by atoms with Gasteiger partial charge in [-0.05, 0) is 24.5 Å². The summed E-state index contributed by atoms with van der Waals surface area (Å²) in [5, 5.41) is 13.9. The average Bonchev–Trinajstić information content (AvgIpc) is 2.59. The molecule has 1 heterocycles. The molecule has 6 nitrogen and oxygen atoms in total. The normalized spacial score (nSPS) is 10.8. The Morgan fingerprint density at radius 1 is 1.46 bits per heavy atom. The van der Waals surface area contributed by atoms with Gasteiger partial charge in [0.25, 0.3) is 7.28 Å². The summed E-state index contributed by atoms with van der Waals surface area (Å²) in [7, 11) is 1.28. The fraction of sp³-hybridized carbons (Fsp3) is 0.294. The molecule has 123 valence electrons. The Balaban J connectivity index is 2.60. The standard InChI is InChI=1S/C17H20BN4O2/c1-4-7-14(18-11-19)17(24)21-10-16(23)22-13-8-12(5-2)15(6-3)20-9-13/h5-6,8-9,14H,2-4,7,10H2,1H3,(H,21,24)(H,22,23). The third kappa shape index (κ3) is 5.73. The van der Waals surface area contributed by atoms with E-state index in [1.54, 1.807) is 18.2 Å². The van der Waals surface area contributed by atoms with Gasteiger partial charge in [0.05, 0.1) is 24.1 Å². The quantitative estimate of drug-likeness (QED) is 0.681. The second kappa shape index (κ2) is 10.0. The van der Waals surface area contributed by atoms with Crippen LogP contribution in [0.25, 0.3) is 12.2 Å². The van der Waals surface area contributed by atoms with Gasteiger partial charge in [-0.15, -0.1) is 0 Å². The van der Waals surface area contributed by atoms with Crippen molar-refractivity contribution in [3.63, 3.8) is 0 Å². The van der Waals surface area contributed by atoms with Crippen LogP contribution in [0.5, 0.6) is 0 Å². The van der Waals surface area contributed by atoms with E-state index in [0.29, 0.717) is 17.8 Å². The van der Waals surface area contributed by atoms with Crippen molar-refractivity contribution in [1.82, 2.24) is 10.3 Å². The highest BCUT2D eigenvalue weighted by Crippen LogP contribution is 2.15. The lowest BCUT2D eigenvalue weighted by atomic mass is 9.64. The monoisotopic (exact) mass is 323 g/mol. The Morgan fingerprint density at radius 2 is 2.21 bits per heavy atom. The first-order valence-corrected chi connectivity index (χ1v) is 7.61. The highest BCUT2D eigenvalue weighted by molar-refractivity contribution is 6.52. The van der Waals surface area contributed by atoms with Crippen LogP contribution in [0, 0.1) is 11.2 Å². The number of amides is 2. The Labute approximate surface area is 142 Å². The summed E-state index contributed by atoms with van der Waals surface area (Å²) in [4.78, 5) is 28.0. The number of nitriles is 1. The van der Waals surface area contributed by atoms with Crippen molar-refractivity contribution in [3.8, 4) is 5.97 Å². The molecule has 0 aliphatic rings. The van der Waals surface area contributed by atoms with Crippen LogP contribution < -0.4 is 10.6 Å². The van der Waals surface area contributed by atoms with Crippen molar-refractivity contribution in [1.29, 1.82) is 5.26 Å². The summed E-state index contributed by atoms with van der Waals surface area (Å²) < 4.78 is 0. The minimum atomic E-state index is -0.506. The van der Waals surface area contributed by atoms with Gasteiger partial charge in [-0.3, -0.25) is 14.6 Å². The summed E-state index contributed by atoms with van der Waals surface area (Å²) in [5.74, 6) is 0.657. The highest BCUT2D eigenvalue weighted by atomic mass is 16.2. The van der Waals surface area contributed by atoms with Crippen LogP contribution in [-0.4, -0.2) is 30.6 Å². The number of hydrogen-bond donors (Lipinski definition) is 2. The maximum atomic E-state index is 12.0. The van der Waals surface area contributed by atoms with Crippen LogP contribution in [-0.2, 0) is 9.59 Å². The van der Waals surface area contributed by atoms with Crippen molar-refractivity contribution >= 4 is 36.9 Å². The molecule has 0 saturated carbocycles. The summed E-state index contributed by atoms with van der Waals surface area (Å²) in [5.41, 5.74) is 1.92. The fourth-order valence-corrected chi connectivity index (χ4v) is 2.09. The SMILES string of the molecule is C=Cc1cc(NC(=O)CNC(=O)C([B]C#N)CCC)cnc1C=C. The summed E-state index contributed by atoms with van der Waals surface area (Å²) in [6.45, 7) is 9.09. The van der Waals surface area contributed by atoms with E-state index in [1.165, 1.54) is 13.5 Å². The molecular formula is C17H20BN4O2. The van der Waals surface area contributed by atoms with E-state index >= 15 is 0 Å². The molecule has 2 amide bonds. The van der Waals surface area contributed by atoms with Gasteiger partial charge >= 0.3 is 0 Å². The predicted octanol–water partition coefficient (Wildman–Crippen LogP) is 2.20. The molecule has 1 aromatic rings. The van der Waals surface area contributed by atoms with Gasteiger partial charge in [0.1, 0.15) is 0 Å². The number of rotatable bonds is 9. The van der Waals surface area contributed by atoms with E-state index in [9.17, 15) is 9.59 Å². The van der Waals surface area contributed by atoms with Crippen LogP contribution in [0.3, 0.4) is 0 Å². The lowest BCUT2D eigenvalue weighted by Crippen LogP contribution is -2.36. The number of aromatic nitrogens is 1. The number of nitrogens with zero attached hydrogens (tertiary/aromatic N) is 2. The zero-order valence-corrected chi connectivity index (χ0v) is 13.7. The molecule has 0 aliphatic heterocycles. The van der Waals surface area contributed by atoms with E-state index in [4.69, 9.17) is 5.26 Å². The molecule has 1 atom stereocenters. The summed E-state index contributed by atoms with van der Waals surface area (Å²) in [6.07, 6.45) is 6.06. The number of pyridine rings is 1. The second-order valence-corrected chi connectivity index (χ2v) is 5.06. The topological polar surface area (TPSA) is 94.9 Å². The Hall–Kier alpha value is -2.88. The smallest absolute Gasteiger partial charge is 0.267 e. The van der Waals surface area contributed by atoms with Crippen molar-refractivity contribution in [2.75, 3.05) is 11.9 Å². The molecule has 0 spiro atoms. The lowest BCUT2D eigenvalue weighted by molar-refractivity contribution is -0.124. The van der Waals surface area contributed by atoms with Gasteiger partial charge in [0, 0.05) is 11.4 Å². The van der Waals surface area contributed by atoms with Crippen LogP contribution >= 0.6 is 0 Å². The number of carbonyl (C=O) groups excluding carboxylic acids is 2. The van der Waals surface area contributed by atoms with Gasteiger partial charge in [-0.25, -0.2) is 5.26 Å². The van der Waals surface area contributed by atoms with Gasteiger partial charge in [0.15, 0.2) is 0 Å². The molecule has 0 saturated heterocycles. The number of nitrogens with one attached hydrogen (secondary N) is 2. The maximum absolute atomic E-state index is 12.0. The molecular weight excluding hydrogens is 303 g/mol. The molecule has 0 fully saturated rings. The van der Waals surface area contributed by atoms with E-state index in [-0.39, 0.29) is 18.4 Å². The largest absolute Gasteiger partial charge is 0.347 e. The minimum Gasteiger partial charge on any atom is -0.347 e. The summed E-state index contributed by atoms with van der Waals surface area (Å²) >= 11 is 0. The molecule has 1 radical (unpaired) electrons. The van der Waals surface area contributed by atoms with Crippen LogP contribution in [0.15, 0.2) is 25.4 Å². The molecule has 0 bridgehead atoms. The third-order valence-corrected chi connectivity index (χ3v) is 3.28. The fourth-order valence-electron chi connectivity index (χ4n) is 2.09. The molecule has 1 rings (SSSR count). The zero-order chi connectivity index (χ0) is 17.9. The summed E-state index contributed by atoms with van der Waals surface area (Å²) in [6, 6.07) is 1.72. The molecule has 1 aromatic heterocycles. The molecule has 0 aliphatic carbocycles. The Kier molecular flexibility index (Phi) is 7.99. The Morgan fingerprint density at radius 3 is 2.79 bits per heavy atom. The van der Waals surface area contributed by atoms with Gasteiger partial charge in [-0.2, -0.15) is 0 Å². The van der Waals surface area contributed by atoms with Crippen molar-refractivity contribution in [2.45, 2.75) is 25.6 Å². The maximum Gasteiger partial charge on any atom is 0.267 e.